The highest BCUT2D eigenvalue weighted by molar-refractivity contribution is 5.85. The van der Waals surface area contributed by atoms with Crippen molar-refractivity contribution in [2.75, 3.05) is 32.8 Å². The van der Waals surface area contributed by atoms with Gasteiger partial charge in [0.05, 0.1) is 0 Å². The lowest BCUT2D eigenvalue weighted by Crippen LogP contribution is -2.52. The highest BCUT2D eigenvalue weighted by Gasteiger charge is 2.29. The number of nitrogens with zero attached hydrogens (tertiary/aromatic N) is 1. The van der Waals surface area contributed by atoms with Gasteiger partial charge in [-0.2, -0.15) is 13.2 Å². The van der Waals surface area contributed by atoms with Gasteiger partial charge < -0.3 is 19.7 Å². The van der Waals surface area contributed by atoms with Crippen molar-refractivity contribution in [3.05, 3.63) is 24.3 Å². The second-order valence-corrected chi connectivity index (χ2v) is 5.33. The van der Waals surface area contributed by atoms with Gasteiger partial charge in [-0.25, -0.2) is 0 Å². The van der Waals surface area contributed by atoms with Crippen molar-refractivity contribution >= 4 is 18.3 Å². The summed E-state index contributed by atoms with van der Waals surface area (Å²) in [6.07, 6.45) is -4.43. The van der Waals surface area contributed by atoms with Crippen LogP contribution in [0.15, 0.2) is 24.3 Å². The maximum Gasteiger partial charge on any atom is 0.422 e. The number of ether oxygens (including phenoxy) is 2. The number of benzene rings is 1. The van der Waals surface area contributed by atoms with Crippen LogP contribution >= 0.6 is 12.4 Å². The third-order valence-electron chi connectivity index (χ3n) is 3.31. The van der Waals surface area contributed by atoms with Crippen molar-refractivity contribution in [3.63, 3.8) is 0 Å². The lowest BCUT2D eigenvalue weighted by atomic mass is 10.2. The van der Waals surface area contributed by atoms with E-state index in [-0.39, 0.29) is 42.5 Å². The molecule has 2 rings (SSSR count). The number of rotatable bonds is 5. The Kier molecular flexibility index (Phi) is 7.62. The molecule has 9 heteroatoms. The molecule has 1 fully saturated rings. The minimum atomic E-state index is -4.43. The van der Waals surface area contributed by atoms with E-state index in [0.717, 1.165) is 0 Å². The zero-order chi connectivity index (χ0) is 16.9. The van der Waals surface area contributed by atoms with Gasteiger partial charge in [-0.3, -0.25) is 4.79 Å². The molecule has 0 bridgehead atoms. The van der Waals surface area contributed by atoms with E-state index in [4.69, 9.17) is 9.47 Å². The smallest absolute Gasteiger partial charge is 0.422 e. The summed E-state index contributed by atoms with van der Waals surface area (Å²) in [5, 5.41) is 3.22. The molecular formula is C15H20ClF3N2O3. The molecule has 1 aromatic rings. The molecule has 1 saturated heterocycles. The van der Waals surface area contributed by atoms with Gasteiger partial charge >= 0.3 is 6.18 Å². The maximum atomic E-state index is 12.2. The van der Waals surface area contributed by atoms with Gasteiger partial charge in [0.15, 0.2) is 24.7 Å². The lowest BCUT2D eigenvalue weighted by Gasteiger charge is -2.31. The molecule has 1 unspecified atom stereocenters. The van der Waals surface area contributed by atoms with Crippen LogP contribution in [0.2, 0.25) is 0 Å². The lowest BCUT2D eigenvalue weighted by molar-refractivity contribution is -0.153. The number of hydrogen-bond acceptors (Lipinski definition) is 4. The Morgan fingerprint density at radius 2 is 1.92 bits per heavy atom. The average molecular weight is 369 g/mol. The monoisotopic (exact) mass is 368 g/mol. The van der Waals surface area contributed by atoms with Gasteiger partial charge in [0.2, 0.25) is 0 Å². The van der Waals surface area contributed by atoms with Crippen molar-refractivity contribution in [3.8, 4) is 11.5 Å². The fraction of sp³-hybridized carbons (Fsp3) is 0.533. The Morgan fingerprint density at radius 3 is 2.50 bits per heavy atom. The predicted octanol–water partition coefficient (Wildman–Crippen LogP) is 2.25. The molecule has 0 saturated carbocycles. The van der Waals surface area contributed by atoms with E-state index >= 15 is 0 Å². The Hall–Kier alpha value is -1.67. The molecule has 136 valence electrons. The van der Waals surface area contributed by atoms with Crippen molar-refractivity contribution in [2.45, 2.75) is 19.1 Å². The van der Waals surface area contributed by atoms with E-state index in [9.17, 15) is 18.0 Å². The number of piperazine rings is 1. The van der Waals surface area contributed by atoms with Crippen LogP contribution in [-0.2, 0) is 4.79 Å². The number of halogens is 4. The summed E-state index contributed by atoms with van der Waals surface area (Å²) in [6.45, 7) is 2.20. The first-order valence-corrected chi connectivity index (χ1v) is 7.28. The number of hydrogen-bond donors (Lipinski definition) is 1. The molecule has 0 aromatic heterocycles. The molecule has 1 aromatic carbocycles. The molecule has 1 amide bonds. The van der Waals surface area contributed by atoms with Gasteiger partial charge in [-0.1, -0.05) is 12.1 Å². The second-order valence-electron chi connectivity index (χ2n) is 5.33. The minimum Gasteiger partial charge on any atom is -0.480 e. The predicted molar refractivity (Wildman–Crippen MR) is 84.8 cm³/mol. The Bertz CT molecular complexity index is 543. The van der Waals surface area contributed by atoms with Crippen LogP contribution in [0.5, 0.6) is 11.5 Å². The first kappa shape index (κ1) is 20.4. The molecule has 0 spiro atoms. The van der Waals surface area contributed by atoms with E-state index in [1.807, 2.05) is 6.92 Å². The topological polar surface area (TPSA) is 50.8 Å². The van der Waals surface area contributed by atoms with Gasteiger partial charge in [0, 0.05) is 25.7 Å². The van der Waals surface area contributed by atoms with Gasteiger partial charge in [-0.05, 0) is 19.1 Å². The second kappa shape index (κ2) is 8.98. The van der Waals surface area contributed by atoms with Crippen LogP contribution in [0, 0.1) is 0 Å². The summed E-state index contributed by atoms with van der Waals surface area (Å²) in [5.41, 5.74) is 0. The molecule has 1 heterocycles. The SMILES string of the molecule is CC1CN(C(=O)COc2ccccc2OCC(F)(F)F)CCN1.Cl. The summed E-state index contributed by atoms with van der Waals surface area (Å²) >= 11 is 0. The third-order valence-corrected chi connectivity index (χ3v) is 3.31. The molecule has 5 nitrogen and oxygen atoms in total. The van der Waals surface area contributed by atoms with Crippen LogP contribution in [0.4, 0.5) is 13.2 Å². The zero-order valence-electron chi connectivity index (χ0n) is 13.1. The first-order chi connectivity index (χ1) is 10.8. The molecular weight excluding hydrogens is 349 g/mol. The first-order valence-electron chi connectivity index (χ1n) is 7.28. The number of amides is 1. The normalized spacial score (nSPS) is 17.8. The van der Waals surface area contributed by atoms with Crippen LogP contribution in [-0.4, -0.2) is 55.9 Å². The Balaban J connectivity index is 0.00000288. The number of nitrogens with one attached hydrogen (secondary N) is 1. The number of carbonyl (C=O) groups is 1. The van der Waals surface area contributed by atoms with Crippen LogP contribution in [0.3, 0.4) is 0 Å². The molecule has 1 aliphatic rings. The summed E-state index contributed by atoms with van der Waals surface area (Å²) < 4.78 is 46.8. The largest absolute Gasteiger partial charge is 0.480 e. The number of para-hydroxylation sites is 2. The highest BCUT2D eigenvalue weighted by Crippen LogP contribution is 2.28. The van der Waals surface area contributed by atoms with Gasteiger partial charge in [-0.15, -0.1) is 12.4 Å². The van der Waals surface area contributed by atoms with Crippen molar-refractivity contribution in [1.29, 1.82) is 0 Å². The van der Waals surface area contributed by atoms with E-state index in [2.05, 4.69) is 5.32 Å². The summed E-state index contributed by atoms with van der Waals surface area (Å²) in [5.74, 6) is -0.122. The van der Waals surface area contributed by atoms with E-state index in [1.54, 1.807) is 17.0 Å². The van der Waals surface area contributed by atoms with Gasteiger partial charge in [0.25, 0.3) is 5.91 Å². The van der Waals surface area contributed by atoms with Crippen molar-refractivity contribution < 1.29 is 27.4 Å². The minimum absolute atomic E-state index is 0. The van der Waals surface area contributed by atoms with Crippen molar-refractivity contribution in [1.82, 2.24) is 10.2 Å². The zero-order valence-corrected chi connectivity index (χ0v) is 14.0. The summed E-state index contributed by atoms with van der Waals surface area (Å²) in [4.78, 5) is 13.8. The quantitative estimate of drug-likeness (QED) is 0.866. The van der Waals surface area contributed by atoms with E-state index < -0.39 is 12.8 Å². The molecule has 24 heavy (non-hydrogen) atoms. The number of alkyl halides is 3. The molecule has 1 atom stereocenters. The molecule has 0 radical (unpaired) electrons. The molecule has 0 aliphatic carbocycles. The fourth-order valence-corrected chi connectivity index (χ4v) is 2.24. The summed E-state index contributed by atoms with van der Waals surface area (Å²) in [7, 11) is 0. The molecule has 1 N–H and O–H groups in total. The Labute approximate surface area is 144 Å². The molecule has 1 aliphatic heterocycles. The average Bonchev–Trinajstić information content (AvgIpc) is 2.50. The maximum absolute atomic E-state index is 12.2. The number of carbonyl (C=O) groups excluding carboxylic acids is 1. The standard InChI is InChI=1S/C15H19F3N2O3.ClH/c1-11-8-20(7-6-19-11)14(21)9-22-12-4-2-3-5-13(12)23-10-15(16,17)18;/h2-5,11,19H,6-10H2,1H3;1H. The van der Waals surface area contributed by atoms with Crippen molar-refractivity contribution in [2.24, 2.45) is 0 Å². The van der Waals surface area contributed by atoms with Gasteiger partial charge in [0.1, 0.15) is 0 Å². The third kappa shape index (κ3) is 6.45. The summed E-state index contributed by atoms with van der Waals surface area (Å²) in [6, 6.07) is 6.19. The Morgan fingerprint density at radius 1 is 1.29 bits per heavy atom. The van der Waals surface area contributed by atoms with E-state index in [1.165, 1.54) is 12.1 Å². The van der Waals surface area contributed by atoms with E-state index in [0.29, 0.717) is 19.6 Å². The fourth-order valence-electron chi connectivity index (χ4n) is 2.24. The highest BCUT2D eigenvalue weighted by atomic mass is 35.5. The van der Waals surface area contributed by atoms with Crippen LogP contribution in [0.25, 0.3) is 0 Å². The van der Waals surface area contributed by atoms with Crippen LogP contribution < -0.4 is 14.8 Å². The van der Waals surface area contributed by atoms with Crippen LogP contribution in [0.1, 0.15) is 6.92 Å².